The lowest BCUT2D eigenvalue weighted by atomic mass is 9.83. The van der Waals surface area contributed by atoms with Crippen molar-refractivity contribution in [2.75, 3.05) is 23.8 Å². The fourth-order valence-corrected chi connectivity index (χ4v) is 7.95. The maximum atomic E-state index is 15.2. The maximum absolute atomic E-state index is 15.2. The molecule has 2 fully saturated rings. The first kappa shape index (κ1) is 40.5. The lowest BCUT2D eigenvalue weighted by Crippen LogP contribution is -2.43. The van der Waals surface area contributed by atoms with Gasteiger partial charge in [0.25, 0.3) is 11.8 Å². The molecule has 6 atom stereocenters. The van der Waals surface area contributed by atoms with E-state index in [2.05, 4.69) is 30.8 Å². The van der Waals surface area contributed by atoms with Crippen LogP contribution in [-0.2, 0) is 9.47 Å². The van der Waals surface area contributed by atoms with Crippen LogP contribution in [0, 0.1) is 11.8 Å². The van der Waals surface area contributed by atoms with Gasteiger partial charge >= 0.3 is 0 Å². The first-order valence-electron chi connectivity index (χ1n) is 19.2. The summed E-state index contributed by atoms with van der Waals surface area (Å²) in [7, 11) is 0. The molecule has 6 heterocycles. The molecule has 14 nitrogen and oxygen atoms in total. The second-order valence-electron chi connectivity index (χ2n) is 14.7. The monoisotopic (exact) mass is 796 g/mol. The number of halogens is 2. The molecule has 8 rings (SSSR count). The van der Waals surface area contributed by atoms with E-state index in [0.717, 1.165) is 12.8 Å². The van der Waals surface area contributed by atoms with Gasteiger partial charge in [-0.05, 0) is 61.4 Å². The summed E-state index contributed by atoms with van der Waals surface area (Å²) in [6.07, 6.45) is -0.213. The average molecular weight is 797 g/mol. The fourth-order valence-electron chi connectivity index (χ4n) is 7.95. The number of carbonyl (C=O) groups excluding carboxylic acids is 2. The summed E-state index contributed by atoms with van der Waals surface area (Å²) in [5.74, 6) is -0.878. The standard InChI is InChI=1S/C22H25FN4O2.C20H21FN4O4/c1-4-22(5-2)14(3)18(23)19(29-22)16-11-12-17-20(24-13-25-27(16)17)26-21(28)15-9-7-6-8-10-15;1-12-16(21)17(29-20(12,9-26)10-27)14-7-8-15-18(22-11-23-25(14)15)24-19(28)13-5-3-2-4-6-13/h6-14,18-19H,4-5H2,1-3H3,(H,24,25,26,28);2-8,11-12,16-17,26-27H,9-10H2,1H3,(H,22,23,24,28)/t14-,18+,19-;12-,16+,17-/m00/s1. The molecule has 6 aromatic rings. The maximum Gasteiger partial charge on any atom is 0.256 e. The molecule has 0 bridgehead atoms. The smallest absolute Gasteiger partial charge is 0.256 e. The topological polar surface area (TPSA) is 177 Å². The highest BCUT2D eigenvalue weighted by Gasteiger charge is 2.54. The zero-order chi connectivity index (χ0) is 41.2. The lowest BCUT2D eigenvalue weighted by molar-refractivity contribution is -0.118. The highest BCUT2D eigenvalue weighted by Crippen LogP contribution is 2.49. The average Bonchev–Trinajstić information content (AvgIpc) is 4.02. The van der Waals surface area contributed by atoms with Gasteiger partial charge in [0.1, 0.15) is 53.8 Å². The molecule has 0 spiro atoms. The summed E-state index contributed by atoms with van der Waals surface area (Å²) in [4.78, 5) is 33.3. The molecular weight excluding hydrogens is 751 g/mol. The van der Waals surface area contributed by atoms with E-state index in [9.17, 15) is 24.2 Å². The van der Waals surface area contributed by atoms with E-state index in [0.29, 0.717) is 39.4 Å². The minimum atomic E-state index is -1.45. The van der Waals surface area contributed by atoms with Crippen molar-refractivity contribution >= 4 is 34.5 Å². The van der Waals surface area contributed by atoms with Crippen LogP contribution in [0.15, 0.2) is 97.6 Å². The van der Waals surface area contributed by atoms with E-state index in [1.54, 1.807) is 84.2 Å². The number of aromatic nitrogens is 6. The SMILES string of the molecule is CCC1(CC)O[C@@H](c2ccc3c(NC(=O)c4ccccc4)ncnn23)[C@H](F)[C@@H]1C.C[C@H]1[C@@H](F)[C@H](c2ccc3c(NC(=O)c4ccccc4)ncnn23)OC1(CO)CO. The van der Waals surface area contributed by atoms with Gasteiger partial charge in [-0.2, -0.15) is 10.2 Å². The zero-order valence-electron chi connectivity index (χ0n) is 32.5. The van der Waals surface area contributed by atoms with E-state index in [1.807, 2.05) is 32.9 Å². The number of benzene rings is 2. The third-order valence-corrected chi connectivity index (χ3v) is 11.7. The highest BCUT2D eigenvalue weighted by atomic mass is 19.1. The Bertz CT molecular complexity index is 2200. The molecule has 2 aliphatic heterocycles. The number of aliphatic hydroxyl groups excluding tert-OH is 2. The van der Waals surface area contributed by atoms with Crippen LogP contribution in [0.4, 0.5) is 20.4 Å². The van der Waals surface area contributed by atoms with Crippen molar-refractivity contribution < 1.29 is 38.1 Å². The zero-order valence-corrected chi connectivity index (χ0v) is 32.5. The van der Waals surface area contributed by atoms with Gasteiger partial charge in [-0.25, -0.2) is 27.8 Å². The predicted octanol–water partition coefficient (Wildman–Crippen LogP) is 6.34. The van der Waals surface area contributed by atoms with Gasteiger partial charge in [0, 0.05) is 23.0 Å². The molecule has 2 amide bonds. The number of rotatable bonds is 10. The molecule has 304 valence electrons. The summed E-state index contributed by atoms with van der Waals surface area (Å²) < 4.78 is 45.3. The number of ether oxygens (including phenoxy) is 2. The Kier molecular flexibility index (Phi) is 11.6. The quantitative estimate of drug-likeness (QED) is 0.122. The second-order valence-corrected chi connectivity index (χ2v) is 14.7. The number of anilines is 2. The summed E-state index contributed by atoms with van der Waals surface area (Å²) in [6.45, 7) is 6.56. The fraction of sp³-hybridized carbons (Fsp3) is 0.381. The Balaban J connectivity index is 0.000000177. The van der Waals surface area contributed by atoms with Crippen LogP contribution in [0.1, 0.15) is 84.8 Å². The van der Waals surface area contributed by atoms with Crippen LogP contribution in [0.25, 0.3) is 11.0 Å². The first-order valence-corrected chi connectivity index (χ1v) is 19.2. The summed E-state index contributed by atoms with van der Waals surface area (Å²) in [6, 6.07) is 24.5. The van der Waals surface area contributed by atoms with Gasteiger partial charge in [0.05, 0.1) is 30.2 Å². The molecule has 58 heavy (non-hydrogen) atoms. The first-order chi connectivity index (χ1) is 28.0. The van der Waals surface area contributed by atoms with Crippen LogP contribution < -0.4 is 10.6 Å². The molecular formula is C42H46F2N8O6. The third kappa shape index (κ3) is 7.21. The molecule has 2 saturated heterocycles. The molecule has 4 N–H and O–H groups in total. The molecule has 0 radical (unpaired) electrons. The van der Waals surface area contributed by atoms with Crippen LogP contribution in [0.3, 0.4) is 0 Å². The van der Waals surface area contributed by atoms with E-state index in [4.69, 9.17) is 9.47 Å². The number of aliphatic hydroxyl groups is 2. The van der Waals surface area contributed by atoms with Crippen LogP contribution in [0.5, 0.6) is 0 Å². The van der Waals surface area contributed by atoms with E-state index in [-0.39, 0.29) is 23.6 Å². The Morgan fingerprint density at radius 1 is 0.655 bits per heavy atom. The molecule has 0 unspecified atom stereocenters. The third-order valence-electron chi connectivity index (χ3n) is 11.7. The van der Waals surface area contributed by atoms with Crippen LogP contribution in [0.2, 0.25) is 0 Å². The lowest BCUT2D eigenvalue weighted by Gasteiger charge is -2.30. The number of amides is 2. The minimum absolute atomic E-state index is 0.216. The van der Waals surface area contributed by atoms with E-state index in [1.165, 1.54) is 17.2 Å². The number of alkyl halides is 2. The molecule has 16 heteroatoms. The van der Waals surface area contributed by atoms with E-state index < -0.39 is 54.9 Å². The number of nitrogens with zero attached hydrogens (tertiary/aromatic N) is 6. The van der Waals surface area contributed by atoms with Gasteiger partial charge < -0.3 is 30.3 Å². The van der Waals surface area contributed by atoms with Crippen molar-refractivity contribution in [3.63, 3.8) is 0 Å². The minimum Gasteiger partial charge on any atom is -0.393 e. The van der Waals surface area contributed by atoms with E-state index >= 15 is 4.39 Å². The Morgan fingerprint density at radius 2 is 1.05 bits per heavy atom. The van der Waals surface area contributed by atoms with Gasteiger partial charge in [0.2, 0.25) is 0 Å². The molecule has 2 aromatic carbocycles. The van der Waals surface area contributed by atoms with Crippen molar-refractivity contribution in [2.24, 2.45) is 11.8 Å². The van der Waals surface area contributed by atoms with Crippen molar-refractivity contribution in [1.29, 1.82) is 0 Å². The van der Waals surface area contributed by atoms with Crippen molar-refractivity contribution in [1.82, 2.24) is 29.2 Å². The second kappa shape index (κ2) is 16.7. The van der Waals surface area contributed by atoms with Crippen LogP contribution in [-0.4, -0.2) is 88.0 Å². The normalized spacial score (nSPS) is 23.4. The Labute approximate surface area is 333 Å². The summed E-state index contributed by atoms with van der Waals surface area (Å²) in [5.41, 5.74) is 1.26. The summed E-state index contributed by atoms with van der Waals surface area (Å²) in [5, 5.41) is 33.3. The molecule has 0 saturated carbocycles. The largest absolute Gasteiger partial charge is 0.393 e. The molecule has 4 aromatic heterocycles. The Morgan fingerprint density at radius 3 is 1.41 bits per heavy atom. The van der Waals surface area contributed by atoms with Crippen molar-refractivity contribution in [3.8, 4) is 0 Å². The molecule has 2 aliphatic rings. The van der Waals surface area contributed by atoms with Gasteiger partial charge in [-0.1, -0.05) is 64.1 Å². The number of hydrogen-bond donors (Lipinski definition) is 4. The predicted molar refractivity (Wildman–Crippen MR) is 211 cm³/mol. The number of hydrogen-bond acceptors (Lipinski definition) is 10. The van der Waals surface area contributed by atoms with Gasteiger partial charge in [-0.3, -0.25) is 9.59 Å². The number of carbonyl (C=O) groups is 2. The Hall–Kier alpha value is -5.68. The molecule has 0 aliphatic carbocycles. The number of fused-ring (bicyclic) bond motifs is 2. The summed E-state index contributed by atoms with van der Waals surface area (Å²) >= 11 is 0. The van der Waals surface area contributed by atoms with Crippen LogP contribution >= 0.6 is 0 Å². The van der Waals surface area contributed by atoms with Gasteiger partial charge in [0.15, 0.2) is 11.6 Å². The highest BCUT2D eigenvalue weighted by molar-refractivity contribution is 6.06. The van der Waals surface area contributed by atoms with Crippen molar-refractivity contribution in [2.45, 2.75) is 76.3 Å². The van der Waals surface area contributed by atoms with Gasteiger partial charge in [-0.15, -0.1) is 0 Å². The van der Waals surface area contributed by atoms with Crippen molar-refractivity contribution in [3.05, 3.63) is 120 Å². The number of nitrogens with one attached hydrogen (secondary N) is 2.